The minimum atomic E-state index is -0.314. The van der Waals surface area contributed by atoms with Crippen molar-refractivity contribution in [3.05, 3.63) is 83.9 Å². The van der Waals surface area contributed by atoms with Crippen LogP contribution in [0.2, 0.25) is 0 Å². The van der Waals surface area contributed by atoms with Crippen LogP contribution in [0.25, 0.3) is 0 Å². The minimum absolute atomic E-state index is 0.260. The highest BCUT2D eigenvalue weighted by Crippen LogP contribution is 2.23. The molecule has 1 aliphatic heterocycles. The van der Waals surface area contributed by atoms with Crippen LogP contribution in [0, 0.1) is 5.82 Å². The van der Waals surface area contributed by atoms with Crippen LogP contribution < -0.4 is 15.4 Å². The van der Waals surface area contributed by atoms with Crippen LogP contribution in [0.15, 0.2) is 66.9 Å². The van der Waals surface area contributed by atoms with E-state index in [0.717, 1.165) is 38.3 Å². The van der Waals surface area contributed by atoms with E-state index in [2.05, 4.69) is 20.5 Å². The van der Waals surface area contributed by atoms with Crippen LogP contribution in [0.4, 0.5) is 10.1 Å². The second-order valence-electron chi connectivity index (χ2n) is 7.11. The molecule has 2 aromatic carbocycles. The van der Waals surface area contributed by atoms with Gasteiger partial charge in [-0.2, -0.15) is 0 Å². The van der Waals surface area contributed by atoms with Gasteiger partial charge in [0, 0.05) is 44.6 Å². The Kier molecular flexibility index (Phi) is 6.32. The van der Waals surface area contributed by atoms with Gasteiger partial charge in [-0.1, -0.05) is 0 Å². The third-order valence-electron chi connectivity index (χ3n) is 4.83. The number of halogens is 1. The predicted octanol–water partition coefficient (Wildman–Crippen LogP) is 3.67. The topological polar surface area (TPSA) is 66.5 Å². The molecule has 7 heteroatoms. The number of carbonyl (C=O) groups excluding carboxylic acids is 1. The number of rotatable bonds is 6. The quantitative estimate of drug-likeness (QED) is 0.654. The number of nitrogens with zero attached hydrogens (tertiary/aromatic N) is 2. The molecule has 2 heterocycles. The summed E-state index contributed by atoms with van der Waals surface area (Å²) in [4.78, 5) is 19.2. The van der Waals surface area contributed by atoms with Gasteiger partial charge in [0.1, 0.15) is 23.0 Å². The van der Waals surface area contributed by atoms with Gasteiger partial charge in [0.2, 0.25) is 0 Å². The first kappa shape index (κ1) is 20.0. The van der Waals surface area contributed by atoms with Crippen LogP contribution in [0.1, 0.15) is 16.1 Å². The van der Waals surface area contributed by atoms with Crippen molar-refractivity contribution in [2.45, 2.75) is 6.54 Å². The van der Waals surface area contributed by atoms with Crippen LogP contribution in [-0.2, 0) is 6.54 Å². The summed E-state index contributed by atoms with van der Waals surface area (Å²) in [6.07, 6.45) is 1.67. The SMILES string of the molecule is O=C(Nc1ccc(Oc2ccc(F)cc2)cc1)c1cc(CN2CCNCC2)ccn1. The number of carbonyl (C=O) groups is 1. The van der Waals surface area contributed by atoms with Crippen molar-refractivity contribution in [1.29, 1.82) is 0 Å². The van der Waals surface area contributed by atoms with Crippen LogP contribution in [-0.4, -0.2) is 42.0 Å². The zero-order chi connectivity index (χ0) is 20.8. The van der Waals surface area contributed by atoms with Crippen LogP contribution in [0.5, 0.6) is 11.5 Å². The van der Waals surface area contributed by atoms with E-state index in [-0.39, 0.29) is 11.7 Å². The molecule has 6 nitrogen and oxygen atoms in total. The molecular weight excluding hydrogens is 383 g/mol. The van der Waals surface area contributed by atoms with Gasteiger partial charge in [-0.15, -0.1) is 0 Å². The molecule has 1 fully saturated rings. The first-order valence-electron chi connectivity index (χ1n) is 9.88. The van der Waals surface area contributed by atoms with E-state index in [4.69, 9.17) is 4.74 Å². The summed E-state index contributed by atoms with van der Waals surface area (Å²) in [6.45, 7) is 4.77. The van der Waals surface area contributed by atoms with E-state index in [0.29, 0.717) is 22.9 Å². The molecule has 1 aliphatic rings. The number of pyridine rings is 1. The summed E-state index contributed by atoms with van der Waals surface area (Å²) < 4.78 is 18.6. The molecule has 0 spiro atoms. The van der Waals surface area contributed by atoms with E-state index in [1.165, 1.54) is 12.1 Å². The lowest BCUT2D eigenvalue weighted by atomic mass is 10.2. The molecule has 0 atom stereocenters. The average Bonchev–Trinajstić information content (AvgIpc) is 2.77. The molecule has 154 valence electrons. The Balaban J connectivity index is 1.36. The molecule has 1 aromatic heterocycles. The van der Waals surface area contributed by atoms with Crippen molar-refractivity contribution in [2.75, 3.05) is 31.5 Å². The number of hydrogen-bond acceptors (Lipinski definition) is 5. The molecule has 0 aliphatic carbocycles. The number of ether oxygens (including phenoxy) is 1. The monoisotopic (exact) mass is 406 g/mol. The Morgan fingerprint density at radius 2 is 1.70 bits per heavy atom. The van der Waals surface area contributed by atoms with E-state index in [9.17, 15) is 9.18 Å². The van der Waals surface area contributed by atoms with Crippen molar-refractivity contribution in [1.82, 2.24) is 15.2 Å². The van der Waals surface area contributed by atoms with Gasteiger partial charge in [-0.05, 0) is 66.2 Å². The highest BCUT2D eigenvalue weighted by molar-refractivity contribution is 6.02. The summed E-state index contributed by atoms with van der Waals surface area (Å²) in [6, 6.07) is 16.6. The van der Waals surface area contributed by atoms with E-state index in [1.54, 1.807) is 42.6 Å². The normalized spacial score (nSPS) is 14.3. The lowest BCUT2D eigenvalue weighted by Gasteiger charge is -2.27. The van der Waals surface area contributed by atoms with Gasteiger partial charge in [0.25, 0.3) is 5.91 Å². The summed E-state index contributed by atoms with van der Waals surface area (Å²) in [7, 11) is 0. The zero-order valence-electron chi connectivity index (χ0n) is 16.5. The molecule has 2 N–H and O–H groups in total. The minimum Gasteiger partial charge on any atom is -0.457 e. The predicted molar refractivity (Wildman–Crippen MR) is 113 cm³/mol. The number of benzene rings is 2. The number of aromatic nitrogens is 1. The van der Waals surface area contributed by atoms with Crippen LogP contribution >= 0.6 is 0 Å². The van der Waals surface area contributed by atoms with Crippen molar-refractivity contribution >= 4 is 11.6 Å². The second kappa shape index (κ2) is 9.47. The standard InChI is InChI=1S/C23H23FN4O2/c24-18-1-5-20(6-2-18)30-21-7-3-19(4-8-21)27-23(29)22-15-17(9-10-26-22)16-28-13-11-25-12-14-28/h1-10,15,25H,11-14,16H2,(H,27,29). The number of anilines is 1. The summed E-state index contributed by atoms with van der Waals surface area (Å²) in [5.41, 5.74) is 2.09. The fraction of sp³-hybridized carbons (Fsp3) is 0.217. The number of nitrogens with one attached hydrogen (secondary N) is 2. The van der Waals surface area contributed by atoms with Gasteiger partial charge in [0.15, 0.2) is 0 Å². The largest absolute Gasteiger partial charge is 0.457 e. The maximum atomic E-state index is 13.0. The second-order valence-corrected chi connectivity index (χ2v) is 7.11. The smallest absolute Gasteiger partial charge is 0.274 e. The highest BCUT2D eigenvalue weighted by atomic mass is 19.1. The Bertz CT molecular complexity index is 987. The van der Waals surface area contributed by atoms with Gasteiger partial charge in [-0.3, -0.25) is 14.7 Å². The molecule has 1 amide bonds. The molecule has 30 heavy (non-hydrogen) atoms. The average molecular weight is 406 g/mol. The molecule has 0 unspecified atom stereocenters. The molecule has 0 saturated carbocycles. The van der Waals surface area contributed by atoms with Crippen molar-refractivity contribution in [3.63, 3.8) is 0 Å². The fourth-order valence-electron chi connectivity index (χ4n) is 3.26. The molecule has 3 aromatic rings. The highest BCUT2D eigenvalue weighted by Gasteiger charge is 2.13. The van der Waals surface area contributed by atoms with E-state index < -0.39 is 0 Å². The summed E-state index contributed by atoms with van der Waals surface area (Å²) in [5.74, 6) is 0.560. The third kappa shape index (κ3) is 5.40. The number of amides is 1. The van der Waals surface area contributed by atoms with Crippen molar-refractivity contribution in [3.8, 4) is 11.5 Å². The zero-order valence-corrected chi connectivity index (χ0v) is 16.5. The summed E-state index contributed by atoms with van der Waals surface area (Å²) >= 11 is 0. The Morgan fingerprint density at radius 3 is 2.40 bits per heavy atom. The van der Waals surface area contributed by atoms with Gasteiger partial charge in [0.05, 0.1) is 0 Å². The first-order chi connectivity index (χ1) is 14.7. The molecule has 4 rings (SSSR count). The maximum absolute atomic E-state index is 13.0. The van der Waals surface area contributed by atoms with Gasteiger partial charge < -0.3 is 15.4 Å². The molecule has 0 bridgehead atoms. The van der Waals surface area contributed by atoms with Crippen molar-refractivity contribution < 1.29 is 13.9 Å². The van der Waals surface area contributed by atoms with Gasteiger partial charge >= 0.3 is 0 Å². The first-order valence-corrected chi connectivity index (χ1v) is 9.88. The Hall–Kier alpha value is -3.29. The Labute approximate surface area is 174 Å². The van der Waals surface area contributed by atoms with Crippen LogP contribution in [0.3, 0.4) is 0 Å². The Morgan fingerprint density at radius 1 is 1.03 bits per heavy atom. The lowest BCUT2D eigenvalue weighted by Crippen LogP contribution is -2.42. The van der Waals surface area contributed by atoms with E-state index in [1.807, 2.05) is 12.1 Å². The molecular formula is C23H23FN4O2. The van der Waals surface area contributed by atoms with E-state index >= 15 is 0 Å². The van der Waals surface area contributed by atoms with Gasteiger partial charge in [-0.25, -0.2) is 4.39 Å². The molecule has 0 radical (unpaired) electrons. The maximum Gasteiger partial charge on any atom is 0.274 e. The lowest BCUT2D eigenvalue weighted by molar-refractivity contribution is 0.102. The third-order valence-corrected chi connectivity index (χ3v) is 4.83. The summed E-state index contributed by atoms with van der Waals surface area (Å²) in [5, 5.41) is 6.19. The number of hydrogen-bond donors (Lipinski definition) is 2. The molecule has 1 saturated heterocycles. The number of piperazine rings is 1. The van der Waals surface area contributed by atoms with Crippen molar-refractivity contribution in [2.24, 2.45) is 0 Å². The fourth-order valence-corrected chi connectivity index (χ4v) is 3.26.